The van der Waals surface area contributed by atoms with Crippen molar-refractivity contribution in [3.63, 3.8) is 0 Å². The first-order chi connectivity index (χ1) is 9.88. The van der Waals surface area contributed by atoms with Crippen LogP contribution in [0, 0.1) is 5.92 Å². The van der Waals surface area contributed by atoms with E-state index in [0.29, 0.717) is 0 Å². The standard InChI is InChI=1S/C18H28N2/c1-2-19-14-15-9-11-17(12-10-15)20-13-5-7-16-6-3-4-8-18(16)20/h9-12,16,18-19H,2-8,13-14H2,1H3/t16-,18-/m1/s1. The maximum absolute atomic E-state index is 3.40. The number of fused-ring (bicyclic) bond motifs is 1. The van der Waals surface area contributed by atoms with Crippen LogP contribution in [0.5, 0.6) is 0 Å². The summed E-state index contributed by atoms with van der Waals surface area (Å²) in [4.78, 5) is 2.70. The van der Waals surface area contributed by atoms with Crippen molar-refractivity contribution in [2.24, 2.45) is 5.92 Å². The van der Waals surface area contributed by atoms with E-state index in [9.17, 15) is 0 Å². The van der Waals surface area contributed by atoms with Crippen LogP contribution in [0.3, 0.4) is 0 Å². The van der Waals surface area contributed by atoms with Gasteiger partial charge in [-0.1, -0.05) is 31.9 Å². The molecule has 3 rings (SSSR count). The number of hydrogen-bond acceptors (Lipinski definition) is 2. The largest absolute Gasteiger partial charge is 0.368 e. The fourth-order valence-electron chi connectivity index (χ4n) is 4.02. The number of nitrogens with zero attached hydrogens (tertiary/aromatic N) is 1. The molecule has 1 aromatic carbocycles. The Labute approximate surface area is 123 Å². The van der Waals surface area contributed by atoms with Crippen LogP contribution < -0.4 is 10.2 Å². The molecule has 2 nitrogen and oxygen atoms in total. The third kappa shape index (κ3) is 3.01. The maximum Gasteiger partial charge on any atom is 0.0369 e. The molecule has 1 N–H and O–H groups in total. The Morgan fingerprint density at radius 1 is 1.05 bits per heavy atom. The maximum atomic E-state index is 3.40. The summed E-state index contributed by atoms with van der Waals surface area (Å²) in [5.41, 5.74) is 2.84. The summed E-state index contributed by atoms with van der Waals surface area (Å²) >= 11 is 0. The molecule has 0 amide bonds. The van der Waals surface area contributed by atoms with E-state index in [-0.39, 0.29) is 0 Å². The Morgan fingerprint density at radius 2 is 1.80 bits per heavy atom. The molecule has 1 saturated heterocycles. The van der Waals surface area contributed by atoms with Gasteiger partial charge in [-0.15, -0.1) is 0 Å². The van der Waals surface area contributed by atoms with Crippen LogP contribution in [0.4, 0.5) is 5.69 Å². The lowest BCUT2D eigenvalue weighted by Crippen LogP contribution is -2.46. The van der Waals surface area contributed by atoms with Crippen LogP contribution in [0.15, 0.2) is 24.3 Å². The molecule has 1 aliphatic carbocycles. The zero-order chi connectivity index (χ0) is 13.8. The first-order valence-corrected chi connectivity index (χ1v) is 8.45. The minimum absolute atomic E-state index is 0.817. The Hall–Kier alpha value is -1.02. The third-order valence-corrected chi connectivity index (χ3v) is 5.09. The van der Waals surface area contributed by atoms with E-state index in [1.54, 1.807) is 0 Å². The van der Waals surface area contributed by atoms with E-state index >= 15 is 0 Å². The van der Waals surface area contributed by atoms with E-state index in [4.69, 9.17) is 0 Å². The molecule has 2 aliphatic rings. The molecule has 20 heavy (non-hydrogen) atoms. The Balaban J connectivity index is 1.70. The Morgan fingerprint density at radius 3 is 2.60 bits per heavy atom. The molecule has 0 spiro atoms. The molecule has 1 aromatic rings. The molecule has 0 unspecified atom stereocenters. The average Bonchev–Trinajstić information content (AvgIpc) is 2.53. The fourth-order valence-corrected chi connectivity index (χ4v) is 4.02. The number of piperidine rings is 1. The van der Waals surface area contributed by atoms with E-state index in [0.717, 1.165) is 25.0 Å². The summed E-state index contributed by atoms with van der Waals surface area (Å²) in [6.45, 7) is 5.44. The van der Waals surface area contributed by atoms with Gasteiger partial charge in [0.1, 0.15) is 0 Å². The highest BCUT2D eigenvalue weighted by atomic mass is 15.2. The zero-order valence-electron chi connectivity index (χ0n) is 12.8. The fraction of sp³-hybridized carbons (Fsp3) is 0.667. The summed E-state index contributed by atoms with van der Waals surface area (Å²) in [5.74, 6) is 0.957. The highest BCUT2D eigenvalue weighted by Crippen LogP contribution is 2.37. The first-order valence-electron chi connectivity index (χ1n) is 8.45. The van der Waals surface area contributed by atoms with E-state index in [1.807, 2.05) is 0 Å². The highest BCUT2D eigenvalue weighted by molar-refractivity contribution is 5.49. The number of anilines is 1. The predicted molar refractivity (Wildman–Crippen MR) is 86.1 cm³/mol. The van der Waals surface area contributed by atoms with Gasteiger partial charge in [0.05, 0.1) is 0 Å². The van der Waals surface area contributed by atoms with Crippen molar-refractivity contribution in [2.45, 2.75) is 58.0 Å². The van der Waals surface area contributed by atoms with Crippen LogP contribution >= 0.6 is 0 Å². The average molecular weight is 272 g/mol. The van der Waals surface area contributed by atoms with Crippen LogP contribution in [0.1, 0.15) is 51.0 Å². The Bertz CT molecular complexity index is 410. The molecule has 0 aromatic heterocycles. The van der Waals surface area contributed by atoms with Crippen molar-refractivity contribution >= 4 is 5.69 Å². The SMILES string of the molecule is CCNCc1ccc(N2CCC[C@H]3CCCC[C@H]32)cc1. The molecule has 2 heteroatoms. The van der Waals surface area contributed by atoms with Gasteiger partial charge in [-0.2, -0.15) is 0 Å². The van der Waals surface area contributed by atoms with Gasteiger partial charge in [-0.05, 0) is 55.8 Å². The minimum atomic E-state index is 0.817. The van der Waals surface area contributed by atoms with Crippen molar-refractivity contribution in [2.75, 3.05) is 18.0 Å². The molecule has 2 atom stereocenters. The van der Waals surface area contributed by atoms with E-state index < -0.39 is 0 Å². The van der Waals surface area contributed by atoms with Crippen molar-refractivity contribution < 1.29 is 0 Å². The van der Waals surface area contributed by atoms with Gasteiger partial charge < -0.3 is 10.2 Å². The Kier molecular flexibility index (Phi) is 4.62. The van der Waals surface area contributed by atoms with Crippen LogP contribution in [0.2, 0.25) is 0 Å². The van der Waals surface area contributed by atoms with Gasteiger partial charge in [-0.3, -0.25) is 0 Å². The van der Waals surface area contributed by atoms with Crippen LogP contribution in [0.25, 0.3) is 0 Å². The van der Waals surface area contributed by atoms with Crippen molar-refractivity contribution in [3.8, 4) is 0 Å². The second-order valence-corrected chi connectivity index (χ2v) is 6.39. The summed E-state index contributed by atoms with van der Waals surface area (Å²) in [5, 5.41) is 3.40. The lowest BCUT2D eigenvalue weighted by Gasteiger charge is -2.45. The topological polar surface area (TPSA) is 15.3 Å². The molecule has 110 valence electrons. The van der Waals surface area contributed by atoms with E-state index in [2.05, 4.69) is 41.4 Å². The zero-order valence-corrected chi connectivity index (χ0v) is 12.8. The lowest BCUT2D eigenvalue weighted by molar-refractivity contribution is 0.244. The molecule has 1 aliphatic heterocycles. The summed E-state index contributed by atoms with van der Waals surface area (Å²) < 4.78 is 0. The summed E-state index contributed by atoms with van der Waals surface area (Å²) in [6, 6.07) is 10.1. The molecule has 0 radical (unpaired) electrons. The molecule has 1 saturated carbocycles. The monoisotopic (exact) mass is 272 g/mol. The normalized spacial score (nSPS) is 26.4. The van der Waals surface area contributed by atoms with Gasteiger partial charge >= 0.3 is 0 Å². The summed E-state index contributed by atoms with van der Waals surface area (Å²) in [6.07, 6.45) is 8.58. The predicted octanol–water partition coefficient (Wildman–Crippen LogP) is 3.96. The van der Waals surface area contributed by atoms with Gasteiger partial charge in [-0.25, -0.2) is 0 Å². The van der Waals surface area contributed by atoms with Crippen molar-refractivity contribution in [1.29, 1.82) is 0 Å². The van der Waals surface area contributed by atoms with Crippen molar-refractivity contribution in [3.05, 3.63) is 29.8 Å². The third-order valence-electron chi connectivity index (χ3n) is 5.09. The lowest BCUT2D eigenvalue weighted by atomic mass is 9.78. The second-order valence-electron chi connectivity index (χ2n) is 6.39. The minimum Gasteiger partial charge on any atom is -0.368 e. The summed E-state index contributed by atoms with van der Waals surface area (Å²) in [7, 11) is 0. The quantitative estimate of drug-likeness (QED) is 0.892. The molecular formula is C18H28N2. The molecule has 2 fully saturated rings. The first kappa shape index (κ1) is 13.9. The number of rotatable bonds is 4. The van der Waals surface area contributed by atoms with Gasteiger partial charge in [0.25, 0.3) is 0 Å². The molecule has 0 bridgehead atoms. The smallest absolute Gasteiger partial charge is 0.0369 e. The van der Waals surface area contributed by atoms with Crippen LogP contribution in [-0.2, 0) is 6.54 Å². The van der Waals surface area contributed by atoms with Gasteiger partial charge in [0, 0.05) is 24.8 Å². The highest BCUT2D eigenvalue weighted by Gasteiger charge is 2.33. The van der Waals surface area contributed by atoms with Crippen molar-refractivity contribution in [1.82, 2.24) is 5.32 Å². The molecule has 1 heterocycles. The van der Waals surface area contributed by atoms with Crippen LogP contribution in [-0.4, -0.2) is 19.1 Å². The van der Waals surface area contributed by atoms with E-state index in [1.165, 1.54) is 56.3 Å². The number of benzene rings is 1. The van der Waals surface area contributed by atoms with Gasteiger partial charge in [0.15, 0.2) is 0 Å². The van der Waals surface area contributed by atoms with Gasteiger partial charge in [0.2, 0.25) is 0 Å². The second kappa shape index (κ2) is 6.62. The molecular weight excluding hydrogens is 244 g/mol. The number of nitrogens with one attached hydrogen (secondary N) is 1. The number of hydrogen-bond donors (Lipinski definition) is 1.